The van der Waals surface area contributed by atoms with Gasteiger partial charge in [-0.05, 0) is 42.2 Å². The molecule has 0 saturated heterocycles. The van der Waals surface area contributed by atoms with Crippen LogP contribution in [0.5, 0.6) is 0 Å². The fourth-order valence-electron chi connectivity index (χ4n) is 1.40. The van der Waals surface area contributed by atoms with Gasteiger partial charge in [-0.25, -0.2) is 0 Å². The Morgan fingerprint density at radius 3 is 2.43 bits per heavy atom. The molecule has 1 aromatic rings. The zero-order valence-corrected chi connectivity index (χ0v) is 8.20. The lowest BCUT2D eigenvalue weighted by molar-refractivity contribution is -0.191. The molecule has 0 aliphatic carbocycles. The van der Waals surface area contributed by atoms with Crippen LogP contribution in [0.4, 0.5) is 0 Å². The van der Waals surface area contributed by atoms with E-state index in [0.717, 1.165) is 6.54 Å². The number of benzene rings is 1. The second kappa shape index (κ2) is 4.49. The summed E-state index contributed by atoms with van der Waals surface area (Å²) >= 11 is 0. The van der Waals surface area contributed by atoms with Gasteiger partial charge in [-0.1, -0.05) is 6.07 Å². The second-order valence-electron chi connectivity index (χ2n) is 3.19. The van der Waals surface area contributed by atoms with Gasteiger partial charge >= 0.3 is 6.15 Å². The molecule has 0 saturated carbocycles. The fraction of sp³-hybridized carbons (Fsp3) is 0.273. The number of carbonyl (C=O) groups excluding carboxylic acids is 2. The highest BCUT2D eigenvalue weighted by molar-refractivity contribution is 5.84. The molecule has 0 aromatic heterocycles. The molecular weight excluding hydrogens is 178 g/mol. The first-order valence-electron chi connectivity index (χ1n) is 4.28. The molecule has 1 aliphatic rings. The smallest absolute Gasteiger partial charge is 0.288 e. The lowest BCUT2D eigenvalue weighted by atomic mass is 10.0. The van der Waals surface area contributed by atoms with Crippen LogP contribution in [0.3, 0.4) is 0 Å². The first-order chi connectivity index (χ1) is 6.69. The number of aliphatic imine (C=N–C) groups is 1. The maximum Gasteiger partial charge on any atom is 0.373 e. The molecule has 0 unspecified atom stereocenters. The minimum absolute atomic E-state index is 0.250. The Morgan fingerprint density at radius 1 is 1.21 bits per heavy atom. The van der Waals surface area contributed by atoms with Crippen molar-refractivity contribution < 1.29 is 9.59 Å². The van der Waals surface area contributed by atoms with E-state index < -0.39 is 0 Å². The average Bonchev–Trinajstić information content (AvgIpc) is 2.54. The number of fused-ring (bicyclic) bond motifs is 1. The lowest BCUT2D eigenvalue weighted by Crippen LogP contribution is -1.88. The van der Waals surface area contributed by atoms with Crippen molar-refractivity contribution in [3.8, 4) is 0 Å². The molecule has 0 spiro atoms. The number of aryl methyl sites for hydroxylation is 2. The SMILES string of the molecule is Cc1cc2c(cc1C)CN=C2.O=C=O. The van der Waals surface area contributed by atoms with Crippen LogP contribution in [0.2, 0.25) is 0 Å². The van der Waals surface area contributed by atoms with Crippen LogP contribution in [0.25, 0.3) is 0 Å². The number of nitrogens with zero attached hydrogens (tertiary/aromatic N) is 1. The van der Waals surface area contributed by atoms with Gasteiger partial charge in [-0.3, -0.25) is 4.99 Å². The van der Waals surface area contributed by atoms with Gasteiger partial charge < -0.3 is 0 Å². The van der Waals surface area contributed by atoms with E-state index in [0.29, 0.717) is 0 Å². The first-order valence-corrected chi connectivity index (χ1v) is 4.28. The molecule has 0 N–H and O–H groups in total. The van der Waals surface area contributed by atoms with Gasteiger partial charge in [0, 0.05) is 6.21 Å². The predicted octanol–water partition coefficient (Wildman–Crippen LogP) is 1.65. The molecule has 0 atom stereocenters. The molecule has 3 heteroatoms. The van der Waals surface area contributed by atoms with Crippen molar-refractivity contribution in [2.75, 3.05) is 0 Å². The minimum Gasteiger partial charge on any atom is -0.288 e. The average molecular weight is 189 g/mol. The molecule has 3 nitrogen and oxygen atoms in total. The third-order valence-corrected chi connectivity index (χ3v) is 2.25. The zero-order valence-electron chi connectivity index (χ0n) is 8.20. The van der Waals surface area contributed by atoms with E-state index in [4.69, 9.17) is 9.59 Å². The molecule has 72 valence electrons. The maximum atomic E-state index is 8.12. The molecule has 0 radical (unpaired) electrons. The van der Waals surface area contributed by atoms with Gasteiger partial charge in [-0.15, -0.1) is 0 Å². The standard InChI is InChI=1S/C10H11N.CO2/c1-7-3-9-5-11-6-10(9)4-8(7)2;2-1-3/h3-5H,6H2,1-2H3;. The van der Waals surface area contributed by atoms with Crippen LogP contribution < -0.4 is 0 Å². The summed E-state index contributed by atoms with van der Waals surface area (Å²) in [6.45, 7) is 5.16. The topological polar surface area (TPSA) is 46.5 Å². The number of hydrogen-bond donors (Lipinski definition) is 0. The van der Waals surface area contributed by atoms with Crippen LogP contribution in [-0.2, 0) is 16.1 Å². The van der Waals surface area contributed by atoms with Crippen molar-refractivity contribution in [1.29, 1.82) is 0 Å². The Balaban J connectivity index is 0.000000293. The Bertz CT molecular complexity index is 402. The normalized spacial score (nSPS) is 11.3. The predicted molar refractivity (Wildman–Crippen MR) is 52.2 cm³/mol. The quantitative estimate of drug-likeness (QED) is 0.623. The highest BCUT2D eigenvalue weighted by Gasteiger charge is 2.06. The van der Waals surface area contributed by atoms with E-state index in [1.165, 1.54) is 22.3 Å². The fourth-order valence-corrected chi connectivity index (χ4v) is 1.40. The minimum atomic E-state index is 0.250. The third-order valence-electron chi connectivity index (χ3n) is 2.25. The number of rotatable bonds is 0. The summed E-state index contributed by atoms with van der Waals surface area (Å²) < 4.78 is 0. The molecule has 0 fully saturated rings. The van der Waals surface area contributed by atoms with Crippen molar-refractivity contribution in [1.82, 2.24) is 0 Å². The molecule has 1 aromatic carbocycles. The molecule has 0 bridgehead atoms. The maximum absolute atomic E-state index is 8.12. The van der Waals surface area contributed by atoms with Gasteiger partial charge in [0.2, 0.25) is 0 Å². The molecule has 2 rings (SSSR count). The highest BCUT2D eigenvalue weighted by atomic mass is 16.2. The zero-order chi connectivity index (χ0) is 10.6. The summed E-state index contributed by atoms with van der Waals surface area (Å²) in [5, 5.41) is 0. The van der Waals surface area contributed by atoms with Crippen LogP contribution in [0.15, 0.2) is 17.1 Å². The lowest BCUT2D eigenvalue weighted by Gasteiger charge is -2.02. The van der Waals surface area contributed by atoms with Crippen molar-refractivity contribution in [2.24, 2.45) is 4.99 Å². The molecule has 0 amide bonds. The van der Waals surface area contributed by atoms with Gasteiger partial charge in [-0.2, -0.15) is 9.59 Å². The van der Waals surface area contributed by atoms with E-state index in [-0.39, 0.29) is 6.15 Å². The number of hydrogen-bond acceptors (Lipinski definition) is 3. The Morgan fingerprint density at radius 2 is 1.79 bits per heavy atom. The summed E-state index contributed by atoms with van der Waals surface area (Å²) in [5.74, 6) is 0. The molecule has 1 heterocycles. The van der Waals surface area contributed by atoms with Crippen molar-refractivity contribution in [2.45, 2.75) is 20.4 Å². The van der Waals surface area contributed by atoms with E-state index in [9.17, 15) is 0 Å². The van der Waals surface area contributed by atoms with E-state index in [2.05, 4.69) is 31.0 Å². The second-order valence-corrected chi connectivity index (χ2v) is 3.19. The third kappa shape index (κ3) is 2.15. The van der Waals surface area contributed by atoms with E-state index in [1.54, 1.807) is 0 Å². The Kier molecular flexibility index (Phi) is 3.32. The van der Waals surface area contributed by atoms with Gasteiger partial charge in [0.05, 0.1) is 6.54 Å². The molecule has 14 heavy (non-hydrogen) atoms. The van der Waals surface area contributed by atoms with Crippen LogP contribution in [0.1, 0.15) is 22.3 Å². The summed E-state index contributed by atoms with van der Waals surface area (Å²) in [4.78, 5) is 20.5. The van der Waals surface area contributed by atoms with Crippen molar-refractivity contribution in [3.63, 3.8) is 0 Å². The Labute approximate surface area is 82.5 Å². The first kappa shape index (κ1) is 10.4. The van der Waals surface area contributed by atoms with Crippen molar-refractivity contribution in [3.05, 3.63) is 34.4 Å². The van der Waals surface area contributed by atoms with Gasteiger partial charge in [0.1, 0.15) is 0 Å². The van der Waals surface area contributed by atoms with Crippen LogP contribution in [-0.4, -0.2) is 12.4 Å². The molecular formula is C11H11NO2. The van der Waals surface area contributed by atoms with Crippen LogP contribution >= 0.6 is 0 Å². The monoisotopic (exact) mass is 189 g/mol. The summed E-state index contributed by atoms with van der Waals surface area (Å²) in [6.07, 6.45) is 2.21. The summed E-state index contributed by atoms with van der Waals surface area (Å²) in [7, 11) is 0. The van der Waals surface area contributed by atoms with Crippen LogP contribution in [0, 0.1) is 13.8 Å². The van der Waals surface area contributed by atoms with Crippen molar-refractivity contribution >= 4 is 12.4 Å². The summed E-state index contributed by atoms with van der Waals surface area (Å²) in [6, 6.07) is 4.44. The van der Waals surface area contributed by atoms with E-state index in [1.807, 2.05) is 6.21 Å². The summed E-state index contributed by atoms with van der Waals surface area (Å²) in [5.41, 5.74) is 5.40. The highest BCUT2D eigenvalue weighted by Crippen LogP contribution is 2.18. The van der Waals surface area contributed by atoms with Gasteiger partial charge in [0.15, 0.2) is 0 Å². The van der Waals surface area contributed by atoms with E-state index >= 15 is 0 Å². The molecule has 1 aliphatic heterocycles. The van der Waals surface area contributed by atoms with Gasteiger partial charge in [0.25, 0.3) is 0 Å². The largest absolute Gasteiger partial charge is 0.373 e. The Hall–Kier alpha value is -1.73.